The second-order valence-corrected chi connectivity index (χ2v) is 8.32. The molecule has 0 aromatic heterocycles. The zero-order valence-corrected chi connectivity index (χ0v) is 18.7. The first-order valence-corrected chi connectivity index (χ1v) is 11.3. The van der Waals surface area contributed by atoms with E-state index >= 15 is 0 Å². The highest BCUT2D eigenvalue weighted by Gasteiger charge is 2.56. The van der Waals surface area contributed by atoms with Crippen LogP contribution in [0.2, 0.25) is 0 Å². The van der Waals surface area contributed by atoms with E-state index in [-0.39, 0.29) is 19.8 Å². The molecule has 0 unspecified atom stereocenters. The molecular formula is C27H28F3NO3. The molecule has 0 bridgehead atoms. The smallest absolute Gasteiger partial charge is 0.375 e. The Bertz CT molecular complexity index is 986. The third kappa shape index (κ3) is 6.67. The van der Waals surface area contributed by atoms with Gasteiger partial charge < -0.3 is 14.2 Å². The lowest BCUT2D eigenvalue weighted by molar-refractivity contribution is -0.188. The van der Waals surface area contributed by atoms with Crippen molar-refractivity contribution in [3.05, 3.63) is 108 Å². The number of benzene rings is 3. The summed E-state index contributed by atoms with van der Waals surface area (Å²) in [6, 6.07) is 25.5. The first kappa shape index (κ1) is 24.4. The molecule has 0 aliphatic carbocycles. The Kier molecular flexibility index (Phi) is 8.34. The molecule has 34 heavy (non-hydrogen) atoms. The van der Waals surface area contributed by atoms with Crippen LogP contribution in [0.1, 0.15) is 16.7 Å². The van der Waals surface area contributed by atoms with E-state index in [1.165, 1.54) is 0 Å². The van der Waals surface area contributed by atoms with Gasteiger partial charge in [0.05, 0.1) is 32.5 Å². The van der Waals surface area contributed by atoms with Gasteiger partial charge in [-0.2, -0.15) is 13.2 Å². The van der Waals surface area contributed by atoms with Crippen LogP contribution in [0.4, 0.5) is 13.2 Å². The Morgan fingerprint density at radius 1 is 0.618 bits per heavy atom. The molecule has 4 nitrogen and oxygen atoms in total. The number of ether oxygens (including phenoxy) is 3. The summed E-state index contributed by atoms with van der Waals surface area (Å²) in [6.07, 6.45) is -6.55. The van der Waals surface area contributed by atoms with E-state index in [4.69, 9.17) is 14.2 Å². The van der Waals surface area contributed by atoms with Crippen LogP contribution in [-0.2, 0) is 34.0 Å². The van der Waals surface area contributed by atoms with Gasteiger partial charge in [-0.1, -0.05) is 91.0 Å². The molecular weight excluding hydrogens is 443 g/mol. The van der Waals surface area contributed by atoms with Crippen LogP contribution < -0.4 is 5.32 Å². The quantitative estimate of drug-likeness (QED) is 0.437. The molecule has 1 fully saturated rings. The monoisotopic (exact) mass is 471 g/mol. The van der Waals surface area contributed by atoms with Gasteiger partial charge in [0.2, 0.25) is 0 Å². The van der Waals surface area contributed by atoms with Crippen molar-refractivity contribution in [2.75, 3.05) is 6.61 Å². The van der Waals surface area contributed by atoms with E-state index in [0.717, 1.165) is 16.7 Å². The van der Waals surface area contributed by atoms with Crippen molar-refractivity contribution in [2.45, 2.75) is 50.3 Å². The van der Waals surface area contributed by atoms with Gasteiger partial charge in [0.25, 0.3) is 0 Å². The number of alkyl halides is 3. The Morgan fingerprint density at radius 3 is 1.53 bits per heavy atom. The molecule has 1 aliphatic heterocycles. The van der Waals surface area contributed by atoms with Crippen molar-refractivity contribution in [3.63, 3.8) is 0 Å². The maximum Gasteiger partial charge on any atom is 0.406 e. The van der Waals surface area contributed by atoms with E-state index in [2.05, 4.69) is 5.32 Å². The molecule has 0 amide bonds. The highest BCUT2D eigenvalue weighted by molar-refractivity contribution is 5.16. The number of hydrogen-bond donors (Lipinski definition) is 1. The fourth-order valence-corrected chi connectivity index (χ4v) is 4.08. The third-order valence-electron chi connectivity index (χ3n) is 5.77. The van der Waals surface area contributed by atoms with Gasteiger partial charge in [0.15, 0.2) is 0 Å². The maximum absolute atomic E-state index is 14.0. The van der Waals surface area contributed by atoms with Crippen molar-refractivity contribution >= 4 is 0 Å². The fraction of sp³-hybridized carbons (Fsp3) is 0.333. The van der Waals surface area contributed by atoms with Crippen molar-refractivity contribution in [3.8, 4) is 0 Å². The molecule has 1 saturated heterocycles. The largest absolute Gasteiger partial charge is 0.406 e. The predicted molar refractivity (Wildman–Crippen MR) is 123 cm³/mol. The van der Waals surface area contributed by atoms with E-state index in [9.17, 15) is 13.2 Å². The second kappa shape index (κ2) is 11.6. The summed E-state index contributed by atoms with van der Waals surface area (Å²) in [4.78, 5) is 0. The van der Waals surface area contributed by atoms with Gasteiger partial charge in [-0.05, 0) is 16.7 Å². The van der Waals surface area contributed by atoms with Crippen LogP contribution in [0.3, 0.4) is 0 Å². The Balaban J connectivity index is 1.49. The molecule has 180 valence electrons. The average Bonchev–Trinajstić information content (AvgIpc) is 3.21. The van der Waals surface area contributed by atoms with Gasteiger partial charge in [0, 0.05) is 0 Å². The minimum absolute atomic E-state index is 0.0581. The minimum atomic E-state index is -4.50. The standard InChI is InChI=1S/C27H28F3NO3/c28-27(29,30)26-25(34-18-22-14-8-3-9-15-22)24(33-17-21-12-6-2-7-13-21)23(31-26)19-32-16-20-10-4-1-5-11-20/h1-15,23-26,31H,16-19H2/t23-,24-,25+,26+/m0/s1. The summed E-state index contributed by atoms with van der Waals surface area (Å²) in [7, 11) is 0. The summed E-state index contributed by atoms with van der Waals surface area (Å²) in [5, 5.41) is 2.69. The van der Waals surface area contributed by atoms with Crippen LogP contribution in [0.15, 0.2) is 91.0 Å². The van der Waals surface area contributed by atoms with Crippen molar-refractivity contribution < 1.29 is 27.4 Å². The molecule has 1 aliphatic rings. The Hall–Kier alpha value is -2.71. The minimum Gasteiger partial charge on any atom is -0.375 e. The van der Waals surface area contributed by atoms with Gasteiger partial charge in [0.1, 0.15) is 18.2 Å². The number of nitrogens with one attached hydrogen (secondary N) is 1. The Labute approximate surface area is 197 Å². The normalized spacial score (nSPS) is 22.7. The number of hydrogen-bond acceptors (Lipinski definition) is 4. The summed E-state index contributed by atoms with van der Waals surface area (Å²) in [5.74, 6) is 0. The fourth-order valence-electron chi connectivity index (χ4n) is 4.08. The van der Waals surface area contributed by atoms with Gasteiger partial charge in [-0.3, -0.25) is 5.32 Å². The van der Waals surface area contributed by atoms with Crippen molar-refractivity contribution in [1.82, 2.24) is 5.32 Å². The first-order chi connectivity index (χ1) is 16.5. The first-order valence-electron chi connectivity index (χ1n) is 11.3. The van der Waals surface area contributed by atoms with Gasteiger partial charge in [-0.15, -0.1) is 0 Å². The molecule has 4 atom stereocenters. The van der Waals surface area contributed by atoms with E-state index in [1.54, 1.807) is 0 Å². The number of rotatable bonds is 10. The molecule has 4 rings (SSSR count). The highest BCUT2D eigenvalue weighted by atomic mass is 19.4. The highest BCUT2D eigenvalue weighted by Crippen LogP contribution is 2.34. The second-order valence-electron chi connectivity index (χ2n) is 8.32. The van der Waals surface area contributed by atoms with Crippen LogP contribution in [0, 0.1) is 0 Å². The maximum atomic E-state index is 14.0. The average molecular weight is 472 g/mol. The van der Waals surface area contributed by atoms with E-state index in [0.29, 0.717) is 6.61 Å². The summed E-state index contributed by atoms with van der Waals surface area (Å²) in [6.45, 7) is 0.601. The molecule has 7 heteroatoms. The van der Waals surface area contributed by atoms with Crippen molar-refractivity contribution in [1.29, 1.82) is 0 Å². The Morgan fingerprint density at radius 2 is 1.06 bits per heavy atom. The van der Waals surface area contributed by atoms with Crippen LogP contribution in [-0.4, -0.2) is 37.1 Å². The van der Waals surface area contributed by atoms with E-state index in [1.807, 2.05) is 91.0 Å². The zero-order chi connectivity index (χ0) is 23.8. The summed E-state index contributed by atoms with van der Waals surface area (Å²) < 4.78 is 59.7. The molecule has 3 aromatic rings. The molecule has 0 spiro atoms. The summed E-state index contributed by atoms with van der Waals surface area (Å²) in [5.41, 5.74) is 2.63. The topological polar surface area (TPSA) is 39.7 Å². The zero-order valence-electron chi connectivity index (χ0n) is 18.7. The van der Waals surface area contributed by atoms with Crippen LogP contribution in [0.5, 0.6) is 0 Å². The lowest BCUT2D eigenvalue weighted by Gasteiger charge is -2.27. The third-order valence-corrected chi connectivity index (χ3v) is 5.77. The lowest BCUT2D eigenvalue weighted by Crippen LogP contribution is -2.47. The predicted octanol–water partition coefficient (Wildman–Crippen LogP) is 5.28. The molecule has 1 heterocycles. The van der Waals surface area contributed by atoms with Crippen LogP contribution in [0.25, 0.3) is 0 Å². The molecule has 1 N–H and O–H groups in total. The van der Waals surface area contributed by atoms with Gasteiger partial charge in [-0.25, -0.2) is 0 Å². The lowest BCUT2D eigenvalue weighted by atomic mass is 10.1. The SMILES string of the molecule is FC(F)(F)[C@@H]1N[C@@H](COCc2ccccc2)[C@H](OCc2ccccc2)[C@H]1OCc1ccccc1. The van der Waals surface area contributed by atoms with Crippen molar-refractivity contribution in [2.24, 2.45) is 0 Å². The molecule has 3 aromatic carbocycles. The summed E-state index contributed by atoms with van der Waals surface area (Å²) >= 11 is 0. The van der Waals surface area contributed by atoms with Gasteiger partial charge >= 0.3 is 6.18 Å². The number of halogens is 3. The molecule has 0 radical (unpaired) electrons. The van der Waals surface area contributed by atoms with E-state index < -0.39 is 30.5 Å². The van der Waals surface area contributed by atoms with Crippen LogP contribution >= 0.6 is 0 Å². The molecule has 0 saturated carbocycles.